The molecule has 2 aromatic carbocycles. The van der Waals surface area contributed by atoms with Crippen molar-refractivity contribution in [2.45, 2.75) is 13.0 Å². The Kier molecular flexibility index (Phi) is 4.99. The van der Waals surface area contributed by atoms with Gasteiger partial charge in [-0.3, -0.25) is 19.1 Å². The number of aromatic nitrogens is 3. The first kappa shape index (κ1) is 20.0. The summed E-state index contributed by atoms with van der Waals surface area (Å²) in [6.45, 7) is 1.94. The molecule has 0 saturated heterocycles. The largest absolute Gasteiger partial charge is 0.375 e. The zero-order chi connectivity index (χ0) is 22.2. The summed E-state index contributed by atoms with van der Waals surface area (Å²) in [7, 11) is 0. The van der Waals surface area contributed by atoms with E-state index in [-0.39, 0.29) is 17.2 Å². The molecule has 2 N–H and O–H groups in total. The summed E-state index contributed by atoms with van der Waals surface area (Å²) < 4.78 is 1.66. The van der Waals surface area contributed by atoms with E-state index in [9.17, 15) is 9.59 Å². The van der Waals surface area contributed by atoms with Crippen LogP contribution in [0.4, 0.5) is 5.69 Å². The number of anilines is 1. The Balaban J connectivity index is 1.72. The summed E-state index contributed by atoms with van der Waals surface area (Å²) in [6.07, 6.45) is 1.68. The van der Waals surface area contributed by atoms with E-state index in [4.69, 9.17) is 11.6 Å². The standard InChI is InChI=1S/C25H19ClN4O2/c1-15(28-20-14-22(31)29-19-11-6-12-27-24(19)20)21-13-16-7-5-10-18(26)23(16)25(32)30(21)17-8-3-2-4-9-17/h2-15H,1H3,(H2,28,29,31). The van der Waals surface area contributed by atoms with Crippen LogP contribution in [0.25, 0.3) is 27.5 Å². The van der Waals surface area contributed by atoms with Crippen LogP contribution in [0.15, 0.2) is 88.6 Å². The first-order chi connectivity index (χ1) is 15.5. The van der Waals surface area contributed by atoms with Gasteiger partial charge in [-0.1, -0.05) is 41.9 Å². The van der Waals surface area contributed by atoms with Gasteiger partial charge < -0.3 is 10.3 Å². The van der Waals surface area contributed by atoms with Gasteiger partial charge in [0.05, 0.1) is 27.7 Å². The number of benzene rings is 2. The summed E-state index contributed by atoms with van der Waals surface area (Å²) in [6, 6.07) is 21.5. The first-order valence-corrected chi connectivity index (χ1v) is 10.5. The molecule has 6 nitrogen and oxygen atoms in total. The van der Waals surface area contributed by atoms with E-state index < -0.39 is 0 Å². The molecule has 0 amide bonds. The maximum absolute atomic E-state index is 13.6. The van der Waals surface area contributed by atoms with Crippen LogP contribution >= 0.6 is 11.6 Å². The number of hydrogen-bond acceptors (Lipinski definition) is 4. The molecule has 32 heavy (non-hydrogen) atoms. The van der Waals surface area contributed by atoms with Crippen LogP contribution in [0.5, 0.6) is 0 Å². The van der Waals surface area contributed by atoms with E-state index in [1.165, 1.54) is 6.07 Å². The van der Waals surface area contributed by atoms with E-state index in [1.54, 1.807) is 29.0 Å². The molecular weight excluding hydrogens is 424 g/mol. The Bertz CT molecular complexity index is 1570. The topological polar surface area (TPSA) is 79.8 Å². The van der Waals surface area contributed by atoms with E-state index >= 15 is 0 Å². The lowest BCUT2D eigenvalue weighted by molar-refractivity contribution is 0.778. The lowest BCUT2D eigenvalue weighted by atomic mass is 10.1. The normalized spacial score (nSPS) is 12.2. The monoisotopic (exact) mass is 442 g/mol. The Morgan fingerprint density at radius 3 is 2.62 bits per heavy atom. The van der Waals surface area contributed by atoms with Crippen LogP contribution in [0.2, 0.25) is 5.02 Å². The van der Waals surface area contributed by atoms with Crippen molar-refractivity contribution in [3.05, 3.63) is 110 Å². The van der Waals surface area contributed by atoms with Crippen LogP contribution in [0, 0.1) is 0 Å². The summed E-state index contributed by atoms with van der Waals surface area (Å²) in [5.74, 6) is 0. The molecule has 5 aromatic rings. The van der Waals surface area contributed by atoms with Crippen LogP contribution in [0.3, 0.4) is 0 Å². The van der Waals surface area contributed by atoms with Crippen molar-refractivity contribution in [2.24, 2.45) is 0 Å². The number of hydrogen-bond donors (Lipinski definition) is 2. The highest BCUT2D eigenvalue weighted by molar-refractivity contribution is 6.35. The van der Waals surface area contributed by atoms with Gasteiger partial charge in [0.15, 0.2) is 0 Å². The third-order valence-electron chi connectivity index (χ3n) is 5.45. The quantitative estimate of drug-likeness (QED) is 0.408. The minimum Gasteiger partial charge on any atom is -0.375 e. The van der Waals surface area contributed by atoms with Crippen molar-refractivity contribution >= 4 is 39.1 Å². The third-order valence-corrected chi connectivity index (χ3v) is 5.77. The summed E-state index contributed by atoms with van der Waals surface area (Å²) >= 11 is 6.39. The zero-order valence-electron chi connectivity index (χ0n) is 17.2. The fourth-order valence-electron chi connectivity index (χ4n) is 4.01. The number of pyridine rings is 3. The molecule has 0 aliphatic carbocycles. The minimum absolute atomic E-state index is 0.197. The molecule has 1 atom stereocenters. The summed E-state index contributed by atoms with van der Waals surface area (Å²) in [4.78, 5) is 33.0. The molecule has 0 fully saturated rings. The number of fused-ring (bicyclic) bond motifs is 2. The number of para-hydroxylation sites is 1. The van der Waals surface area contributed by atoms with Gasteiger partial charge in [0.25, 0.3) is 11.1 Å². The van der Waals surface area contributed by atoms with E-state index in [1.807, 2.05) is 55.5 Å². The predicted molar refractivity (Wildman–Crippen MR) is 129 cm³/mol. The third kappa shape index (κ3) is 3.44. The minimum atomic E-state index is -0.321. The molecule has 0 radical (unpaired) electrons. The second-order valence-corrected chi connectivity index (χ2v) is 7.97. The maximum atomic E-state index is 13.6. The van der Waals surface area contributed by atoms with Crippen LogP contribution in [-0.2, 0) is 0 Å². The first-order valence-electron chi connectivity index (χ1n) is 10.2. The maximum Gasteiger partial charge on any atom is 0.264 e. The molecule has 7 heteroatoms. The highest BCUT2D eigenvalue weighted by atomic mass is 35.5. The highest BCUT2D eigenvalue weighted by Gasteiger charge is 2.18. The fraction of sp³-hybridized carbons (Fsp3) is 0.0800. The van der Waals surface area contributed by atoms with Crippen molar-refractivity contribution in [2.75, 3.05) is 5.32 Å². The Morgan fingerprint density at radius 2 is 1.81 bits per heavy atom. The van der Waals surface area contributed by atoms with Crippen molar-refractivity contribution in [3.8, 4) is 5.69 Å². The lowest BCUT2D eigenvalue weighted by Crippen LogP contribution is -2.26. The molecule has 0 aliphatic heterocycles. The van der Waals surface area contributed by atoms with Gasteiger partial charge in [-0.15, -0.1) is 0 Å². The molecule has 3 heterocycles. The predicted octanol–water partition coefficient (Wildman–Crippen LogP) is 5.05. The molecule has 1 unspecified atom stereocenters. The Morgan fingerprint density at radius 1 is 1.00 bits per heavy atom. The molecule has 5 rings (SSSR count). The second-order valence-electron chi connectivity index (χ2n) is 7.56. The van der Waals surface area contributed by atoms with Gasteiger partial charge >= 0.3 is 0 Å². The van der Waals surface area contributed by atoms with Gasteiger partial charge in [0, 0.05) is 23.6 Å². The number of nitrogens with zero attached hydrogens (tertiary/aromatic N) is 2. The summed E-state index contributed by atoms with van der Waals surface area (Å²) in [5, 5.41) is 5.02. The number of aromatic amines is 1. The van der Waals surface area contributed by atoms with Crippen LogP contribution in [-0.4, -0.2) is 14.5 Å². The van der Waals surface area contributed by atoms with Crippen molar-refractivity contribution in [1.29, 1.82) is 0 Å². The molecule has 0 saturated carbocycles. The van der Waals surface area contributed by atoms with E-state index in [0.29, 0.717) is 27.1 Å². The van der Waals surface area contributed by atoms with E-state index in [2.05, 4.69) is 15.3 Å². The number of halogens is 1. The van der Waals surface area contributed by atoms with Crippen LogP contribution < -0.4 is 16.4 Å². The average molecular weight is 443 g/mol. The van der Waals surface area contributed by atoms with Crippen molar-refractivity contribution in [1.82, 2.24) is 14.5 Å². The molecule has 3 aromatic heterocycles. The van der Waals surface area contributed by atoms with Crippen LogP contribution in [0.1, 0.15) is 18.7 Å². The Labute approximate surface area is 188 Å². The number of H-pyrrole nitrogens is 1. The molecule has 0 spiro atoms. The highest BCUT2D eigenvalue weighted by Crippen LogP contribution is 2.28. The molecular formula is C25H19ClN4O2. The Hall–Kier alpha value is -3.90. The zero-order valence-corrected chi connectivity index (χ0v) is 17.9. The fourth-order valence-corrected chi connectivity index (χ4v) is 4.27. The van der Waals surface area contributed by atoms with Crippen molar-refractivity contribution in [3.63, 3.8) is 0 Å². The molecule has 158 valence electrons. The van der Waals surface area contributed by atoms with Gasteiger partial charge in [-0.2, -0.15) is 0 Å². The van der Waals surface area contributed by atoms with Gasteiger partial charge in [-0.05, 0) is 48.7 Å². The van der Waals surface area contributed by atoms with Gasteiger partial charge in [0.1, 0.15) is 5.52 Å². The average Bonchev–Trinajstić information content (AvgIpc) is 2.79. The van der Waals surface area contributed by atoms with Gasteiger partial charge in [-0.25, -0.2) is 0 Å². The summed E-state index contributed by atoms with van der Waals surface area (Å²) in [5.41, 5.74) is 2.92. The molecule has 0 bridgehead atoms. The number of rotatable bonds is 4. The second kappa shape index (κ2) is 7.98. The lowest BCUT2D eigenvalue weighted by Gasteiger charge is -2.22. The number of nitrogens with one attached hydrogen (secondary N) is 2. The van der Waals surface area contributed by atoms with Crippen molar-refractivity contribution < 1.29 is 0 Å². The van der Waals surface area contributed by atoms with Gasteiger partial charge in [0.2, 0.25) is 0 Å². The van der Waals surface area contributed by atoms with E-state index in [0.717, 1.165) is 16.8 Å². The smallest absolute Gasteiger partial charge is 0.264 e. The SMILES string of the molecule is CC(Nc1cc(=O)[nH]c2cccnc12)c1cc2cccc(Cl)c2c(=O)n1-c1ccccc1. The molecule has 0 aliphatic rings.